The number of nitrogens with zero attached hydrogens (tertiary/aromatic N) is 1. The molecule has 0 saturated carbocycles. The van der Waals surface area contributed by atoms with Crippen LogP contribution in [0.3, 0.4) is 0 Å². The molecule has 2 aromatic carbocycles. The van der Waals surface area contributed by atoms with Gasteiger partial charge in [-0.25, -0.2) is 0 Å². The summed E-state index contributed by atoms with van der Waals surface area (Å²) in [5, 5.41) is 3.15. The topological polar surface area (TPSA) is 49.4 Å². The van der Waals surface area contributed by atoms with E-state index in [1.165, 1.54) is 4.90 Å². The molecular weight excluding hydrogens is 380 g/mol. The number of nitrogens with one attached hydrogen (secondary N) is 1. The molecule has 0 aliphatic carbocycles. The standard InChI is InChI=1S/C17H16BrClN2O2/c1-21(2)17(23)12-5-8-14(19)15(10-12)20-16(22)9-11-3-6-13(18)7-4-11/h3-8,10H,9H2,1-2H3,(H,20,22). The summed E-state index contributed by atoms with van der Waals surface area (Å²) in [6.07, 6.45) is 0.232. The maximum absolute atomic E-state index is 12.2. The van der Waals surface area contributed by atoms with Gasteiger partial charge in [-0.2, -0.15) is 0 Å². The molecule has 0 aliphatic rings. The molecule has 6 heteroatoms. The maximum Gasteiger partial charge on any atom is 0.253 e. The molecule has 120 valence electrons. The molecule has 0 aliphatic heterocycles. The van der Waals surface area contributed by atoms with Gasteiger partial charge in [0.2, 0.25) is 5.91 Å². The second kappa shape index (κ2) is 7.62. The third-order valence-corrected chi connectivity index (χ3v) is 4.03. The van der Waals surface area contributed by atoms with E-state index in [1.54, 1.807) is 32.3 Å². The van der Waals surface area contributed by atoms with Crippen molar-refractivity contribution in [1.82, 2.24) is 4.90 Å². The minimum atomic E-state index is -0.191. The smallest absolute Gasteiger partial charge is 0.253 e. The van der Waals surface area contributed by atoms with E-state index in [2.05, 4.69) is 21.2 Å². The van der Waals surface area contributed by atoms with Crippen LogP contribution in [0.15, 0.2) is 46.9 Å². The highest BCUT2D eigenvalue weighted by atomic mass is 79.9. The lowest BCUT2D eigenvalue weighted by molar-refractivity contribution is -0.115. The number of hydrogen-bond acceptors (Lipinski definition) is 2. The van der Waals surface area contributed by atoms with Crippen molar-refractivity contribution < 1.29 is 9.59 Å². The van der Waals surface area contributed by atoms with Crippen LogP contribution in [0.4, 0.5) is 5.69 Å². The van der Waals surface area contributed by atoms with Crippen LogP contribution in [0.25, 0.3) is 0 Å². The van der Waals surface area contributed by atoms with Crippen molar-refractivity contribution >= 4 is 45.0 Å². The summed E-state index contributed by atoms with van der Waals surface area (Å²) in [5.74, 6) is -0.339. The number of carbonyl (C=O) groups is 2. The lowest BCUT2D eigenvalue weighted by atomic mass is 10.1. The summed E-state index contributed by atoms with van der Waals surface area (Å²) in [6, 6.07) is 12.3. The Bertz CT molecular complexity index is 730. The van der Waals surface area contributed by atoms with Crippen molar-refractivity contribution in [1.29, 1.82) is 0 Å². The van der Waals surface area contributed by atoms with Crippen LogP contribution in [-0.4, -0.2) is 30.8 Å². The third kappa shape index (κ3) is 4.81. The molecule has 0 fully saturated rings. The highest BCUT2D eigenvalue weighted by molar-refractivity contribution is 9.10. The van der Waals surface area contributed by atoms with Crippen molar-refractivity contribution in [3.63, 3.8) is 0 Å². The highest BCUT2D eigenvalue weighted by Gasteiger charge is 2.12. The number of anilines is 1. The summed E-state index contributed by atoms with van der Waals surface area (Å²) in [6.45, 7) is 0. The minimum absolute atomic E-state index is 0.148. The van der Waals surface area contributed by atoms with E-state index in [-0.39, 0.29) is 18.2 Å². The fourth-order valence-corrected chi connectivity index (χ4v) is 2.42. The molecule has 4 nitrogen and oxygen atoms in total. The Hall–Kier alpha value is -1.85. The summed E-state index contributed by atoms with van der Waals surface area (Å²) in [4.78, 5) is 25.6. The van der Waals surface area contributed by atoms with E-state index in [1.807, 2.05) is 24.3 Å². The van der Waals surface area contributed by atoms with Crippen LogP contribution in [0, 0.1) is 0 Å². The molecule has 0 saturated heterocycles. The SMILES string of the molecule is CN(C)C(=O)c1ccc(Cl)c(NC(=O)Cc2ccc(Br)cc2)c1. The molecular formula is C17H16BrClN2O2. The zero-order chi connectivity index (χ0) is 17.0. The van der Waals surface area contributed by atoms with E-state index in [9.17, 15) is 9.59 Å². The molecule has 2 rings (SSSR count). The molecule has 0 unspecified atom stereocenters. The van der Waals surface area contributed by atoms with Gasteiger partial charge in [-0.3, -0.25) is 9.59 Å². The number of hydrogen-bond donors (Lipinski definition) is 1. The molecule has 23 heavy (non-hydrogen) atoms. The Morgan fingerprint density at radius 2 is 1.78 bits per heavy atom. The van der Waals surface area contributed by atoms with E-state index in [0.717, 1.165) is 10.0 Å². The summed E-state index contributed by atoms with van der Waals surface area (Å²) in [7, 11) is 3.34. The molecule has 0 atom stereocenters. The van der Waals surface area contributed by atoms with Gasteiger partial charge in [-0.15, -0.1) is 0 Å². The fourth-order valence-electron chi connectivity index (χ4n) is 1.99. The summed E-state index contributed by atoms with van der Waals surface area (Å²) >= 11 is 9.46. The second-order valence-electron chi connectivity index (χ2n) is 5.25. The maximum atomic E-state index is 12.2. The van der Waals surface area contributed by atoms with Gasteiger partial charge in [0.1, 0.15) is 0 Å². The van der Waals surface area contributed by atoms with Crippen molar-refractivity contribution in [3.05, 3.63) is 63.1 Å². The first-order valence-corrected chi connectivity index (χ1v) is 8.09. The first-order chi connectivity index (χ1) is 10.9. The van der Waals surface area contributed by atoms with Gasteiger partial charge in [-0.05, 0) is 35.9 Å². The Labute approximate surface area is 148 Å². The molecule has 2 aromatic rings. The minimum Gasteiger partial charge on any atom is -0.345 e. The largest absolute Gasteiger partial charge is 0.345 e. The van der Waals surface area contributed by atoms with E-state index in [4.69, 9.17) is 11.6 Å². The normalized spacial score (nSPS) is 10.3. The first-order valence-electron chi connectivity index (χ1n) is 6.92. The number of carbonyl (C=O) groups excluding carboxylic acids is 2. The van der Waals surface area contributed by atoms with Gasteiger partial charge in [0.05, 0.1) is 17.1 Å². The van der Waals surface area contributed by atoms with Crippen LogP contribution < -0.4 is 5.32 Å². The lowest BCUT2D eigenvalue weighted by Crippen LogP contribution is -2.22. The number of rotatable bonds is 4. The van der Waals surface area contributed by atoms with Gasteiger partial charge < -0.3 is 10.2 Å². The Balaban J connectivity index is 2.12. The molecule has 0 aromatic heterocycles. The molecule has 1 N–H and O–H groups in total. The van der Waals surface area contributed by atoms with Gasteiger partial charge in [0, 0.05) is 24.1 Å². The van der Waals surface area contributed by atoms with Gasteiger partial charge >= 0.3 is 0 Å². The van der Waals surface area contributed by atoms with E-state index in [0.29, 0.717) is 16.3 Å². The monoisotopic (exact) mass is 394 g/mol. The van der Waals surface area contributed by atoms with Gasteiger partial charge in [-0.1, -0.05) is 39.7 Å². The molecule has 2 amide bonds. The fraction of sp³-hybridized carbons (Fsp3) is 0.176. The Morgan fingerprint density at radius 1 is 1.13 bits per heavy atom. The predicted molar refractivity (Wildman–Crippen MR) is 95.9 cm³/mol. The average Bonchev–Trinajstić information content (AvgIpc) is 2.51. The Morgan fingerprint density at radius 3 is 2.39 bits per heavy atom. The van der Waals surface area contributed by atoms with Crippen LogP contribution >= 0.6 is 27.5 Å². The highest BCUT2D eigenvalue weighted by Crippen LogP contribution is 2.24. The average molecular weight is 396 g/mol. The van der Waals surface area contributed by atoms with E-state index < -0.39 is 0 Å². The van der Waals surface area contributed by atoms with Gasteiger partial charge in [0.25, 0.3) is 5.91 Å². The van der Waals surface area contributed by atoms with Crippen LogP contribution in [0.1, 0.15) is 15.9 Å². The van der Waals surface area contributed by atoms with Crippen molar-refractivity contribution in [2.24, 2.45) is 0 Å². The van der Waals surface area contributed by atoms with E-state index >= 15 is 0 Å². The summed E-state index contributed by atoms with van der Waals surface area (Å²) in [5.41, 5.74) is 1.79. The summed E-state index contributed by atoms with van der Waals surface area (Å²) < 4.78 is 0.958. The van der Waals surface area contributed by atoms with Crippen LogP contribution in [-0.2, 0) is 11.2 Å². The lowest BCUT2D eigenvalue weighted by Gasteiger charge is -2.13. The second-order valence-corrected chi connectivity index (χ2v) is 6.57. The molecule has 0 spiro atoms. The zero-order valence-electron chi connectivity index (χ0n) is 12.8. The van der Waals surface area contributed by atoms with Gasteiger partial charge in [0.15, 0.2) is 0 Å². The van der Waals surface area contributed by atoms with Crippen molar-refractivity contribution in [2.45, 2.75) is 6.42 Å². The van der Waals surface area contributed by atoms with Crippen LogP contribution in [0.5, 0.6) is 0 Å². The molecule has 0 heterocycles. The molecule has 0 radical (unpaired) electrons. The number of benzene rings is 2. The van der Waals surface area contributed by atoms with Crippen molar-refractivity contribution in [2.75, 3.05) is 19.4 Å². The number of halogens is 2. The zero-order valence-corrected chi connectivity index (χ0v) is 15.1. The predicted octanol–water partition coefficient (Wildman–Crippen LogP) is 3.99. The number of amides is 2. The Kier molecular flexibility index (Phi) is 5.80. The third-order valence-electron chi connectivity index (χ3n) is 3.17. The van der Waals surface area contributed by atoms with Crippen LogP contribution in [0.2, 0.25) is 5.02 Å². The van der Waals surface area contributed by atoms with Crippen molar-refractivity contribution in [3.8, 4) is 0 Å². The molecule has 0 bridgehead atoms. The first kappa shape index (κ1) is 17.5. The quantitative estimate of drug-likeness (QED) is 0.851.